The standard InChI is InChI=1S/C9H16N4O2/c1-4-6(8(10)14)13-5-7(11-12-13)9(2,3)15/h5-6,15H,4H2,1-3H3,(H2,10,14). The van der Waals surface area contributed by atoms with Gasteiger partial charge >= 0.3 is 0 Å². The number of primary amides is 1. The SMILES string of the molecule is CCC(C(N)=O)n1cc(C(C)(C)O)nn1. The second kappa shape index (κ2) is 3.98. The van der Waals surface area contributed by atoms with Gasteiger partial charge in [-0.15, -0.1) is 5.10 Å². The maximum Gasteiger partial charge on any atom is 0.242 e. The lowest BCUT2D eigenvalue weighted by molar-refractivity contribution is -0.121. The van der Waals surface area contributed by atoms with Crippen molar-refractivity contribution in [1.82, 2.24) is 15.0 Å². The van der Waals surface area contributed by atoms with Crippen LogP contribution in [-0.4, -0.2) is 26.0 Å². The van der Waals surface area contributed by atoms with Crippen LogP contribution in [0, 0.1) is 0 Å². The summed E-state index contributed by atoms with van der Waals surface area (Å²) in [7, 11) is 0. The first-order valence-electron chi connectivity index (χ1n) is 4.80. The molecule has 0 aromatic carbocycles. The van der Waals surface area contributed by atoms with Crippen LogP contribution in [0.2, 0.25) is 0 Å². The normalized spacial score (nSPS) is 13.9. The lowest BCUT2D eigenvalue weighted by Crippen LogP contribution is -2.26. The quantitative estimate of drug-likeness (QED) is 0.731. The van der Waals surface area contributed by atoms with Crippen molar-refractivity contribution in [3.8, 4) is 0 Å². The Morgan fingerprint density at radius 3 is 2.67 bits per heavy atom. The highest BCUT2D eigenvalue weighted by Crippen LogP contribution is 2.18. The Balaban J connectivity index is 2.97. The maximum absolute atomic E-state index is 11.1. The molecule has 0 aliphatic carbocycles. The summed E-state index contributed by atoms with van der Waals surface area (Å²) in [6, 6.07) is -0.506. The van der Waals surface area contributed by atoms with E-state index in [2.05, 4.69) is 10.3 Å². The molecule has 1 atom stereocenters. The van der Waals surface area contributed by atoms with Gasteiger partial charge in [0.05, 0.1) is 6.20 Å². The molecule has 0 bridgehead atoms. The Morgan fingerprint density at radius 1 is 1.73 bits per heavy atom. The Hall–Kier alpha value is -1.43. The molecule has 15 heavy (non-hydrogen) atoms. The molecule has 0 saturated heterocycles. The van der Waals surface area contributed by atoms with Crippen LogP contribution in [0.15, 0.2) is 6.20 Å². The van der Waals surface area contributed by atoms with Crippen molar-refractivity contribution < 1.29 is 9.90 Å². The van der Waals surface area contributed by atoms with E-state index in [0.717, 1.165) is 0 Å². The molecule has 0 radical (unpaired) electrons. The van der Waals surface area contributed by atoms with Gasteiger partial charge in [0.1, 0.15) is 17.3 Å². The number of hydrogen-bond donors (Lipinski definition) is 2. The molecule has 1 heterocycles. The van der Waals surface area contributed by atoms with E-state index in [1.54, 1.807) is 20.0 Å². The summed E-state index contributed by atoms with van der Waals surface area (Å²) in [5.74, 6) is -0.454. The molecule has 3 N–H and O–H groups in total. The van der Waals surface area contributed by atoms with Crippen LogP contribution < -0.4 is 5.73 Å². The molecule has 1 aromatic heterocycles. The van der Waals surface area contributed by atoms with E-state index < -0.39 is 17.6 Å². The molecule has 1 amide bonds. The Labute approximate surface area is 88.1 Å². The summed E-state index contributed by atoms with van der Waals surface area (Å²) < 4.78 is 1.38. The molecule has 0 saturated carbocycles. The van der Waals surface area contributed by atoms with Crippen molar-refractivity contribution in [2.45, 2.75) is 38.8 Å². The monoisotopic (exact) mass is 212 g/mol. The van der Waals surface area contributed by atoms with Gasteiger partial charge in [0, 0.05) is 0 Å². The predicted molar refractivity (Wildman–Crippen MR) is 53.8 cm³/mol. The van der Waals surface area contributed by atoms with Crippen molar-refractivity contribution in [1.29, 1.82) is 0 Å². The molecule has 0 fully saturated rings. The van der Waals surface area contributed by atoms with Gasteiger partial charge in [-0.2, -0.15) is 0 Å². The van der Waals surface area contributed by atoms with Gasteiger partial charge in [-0.05, 0) is 20.3 Å². The van der Waals surface area contributed by atoms with Crippen molar-refractivity contribution in [3.63, 3.8) is 0 Å². The van der Waals surface area contributed by atoms with E-state index in [1.165, 1.54) is 4.68 Å². The highest BCUT2D eigenvalue weighted by molar-refractivity contribution is 5.78. The van der Waals surface area contributed by atoms with Crippen LogP contribution in [0.4, 0.5) is 0 Å². The molecular formula is C9H16N4O2. The first-order chi connectivity index (χ1) is 6.86. The molecule has 0 aliphatic heterocycles. The zero-order chi connectivity index (χ0) is 11.6. The number of nitrogens with two attached hydrogens (primary N) is 1. The molecular weight excluding hydrogens is 196 g/mol. The largest absolute Gasteiger partial charge is 0.384 e. The summed E-state index contributed by atoms with van der Waals surface area (Å²) in [5.41, 5.74) is 4.56. The fraction of sp³-hybridized carbons (Fsp3) is 0.667. The van der Waals surface area contributed by atoms with Gasteiger partial charge in [-0.3, -0.25) is 4.79 Å². The van der Waals surface area contributed by atoms with Crippen LogP contribution in [0.25, 0.3) is 0 Å². The topological polar surface area (TPSA) is 94.0 Å². The van der Waals surface area contributed by atoms with Crippen LogP contribution in [0.5, 0.6) is 0 Å². The third-order valence-electron chi connectivity index (χ3n) is 2.17. The summed E-state index contributed by atoms with van der Waals surface area (Å²) in [5, 5.41) is 17.2. The van der Waals surface area contributed by atoms with Gasteiger partial charge < -0.3 is 10.8 Å². The van der Waals surface area contributed by atoms with Gasteiger partial charge in [0.15, 0.2) is 0 Å². The van der Waals surface area contributed by atoms with Gasteiger partial charge in [-0.1, -0.05) is 12.1 Å². The maximum atomic E-state index is 11.1. The molecule has 6 heteroatoms. The molecule has 0 aliphatic rings. The number of aromatic nitrogens is 3. The predicted octanol–water partition coefficient (Wildman–Crippen LogP) is -0.0581. The number of hydrogen-bond acceptors (Lipinski definition) is 4. The minimum absolute atomic E-state index is 0.419. The van der Waals surface area contributed by atoms with E-state index in [0.29, 0.717) is 12.1 Å². The Bertz CT molecular complexity index is 353. The third kappa shape index (κ3) is 2.53. The Morgan fingerprint density at radius 2 is 2.33 bits per heavy atom. The number of nitrogens with zero attached hydrogens (tertiary/aromatic N) is 3. The fourth-order valence-electron chi connectivity index (χ4n) is 1.23. The summed E-state index contributed by atoms with van der Waals surface area (Å²) in [6.45, 7) is 5.04. The van der Waals surface area contributed by atoms with Crippen molar-refractivity contribution in [3.05, 3.63) is 11.9 Å². The number of carbonyl (C=O) groups is 1. The highest BCUT2D eigenvalue weighted by Gasteiger charge is 2.23. The highest BCUT2D eigenvalue weighted by atomic mass is 16.3. The number of carbonyl (C=O) groups excluding carboxylic acids is 1. The molecule has 1 rings (SSSR count). The average Bonchev–Trinajstić information content (AvgIpc) is 2.52. The van der Waals surface area contributed by atoms with E-state index >= 15 is 0 Å². The average molecular weight is 212 g/mol. The van der Waals surface area contributed by atoms with Gasteiger partial charge in [-0.25, -0.2) is 4.68 Å². The van der Waals surface area contributed by atoms with Crippen molar-refractivity contribution >= 4 is 5.91 Å². The Kier molecular flexibility index (Phi) is 3.09. The van der Waals surface area contributed by atoms with Crippen molar-refractivity contribution in [2.75, 3.05) is 0 Å². The zero-order valence-corrected chi connectivity index (χ0v) is 9.14. The smallest absolute Gasteiger partial charge is 0.242 e. The molecule has 6 nitrogen and oxygen atoms in total. The number of rotatable bonds is 4. The van der Waals surface area contributed by atoms with Gasteiger partial charge in [0.2, 0.25) is 5.91 Å². The molecule has 0 spiro atoms. The van der Waals surface area contributed by atoms with Crippen molar-refractivity contribution in [2.24, 2.45) is 5.73 Å². The van der Waals surface area contributed by atoms with Crippen LogP contribution >= 0.6 is 0 Å². The first kappa shape index (κ1) is 11.6. The van der Waals surface area contributed by atoms with Crippen LogP contribution in [0.1, 0.15) is 38.9 Å². The van der Waals surface area contributed by atoms with E-state index in [4.69, 9.17) is 5.73 Å². The number of aliphatic hydroxyl groups is 1. The second-order valence-electron chi connectivity index (χ2n) is 3.97. The number of amides is 1. The van der Waals surface area contributed by atoms with Crippen LogP contribution in [-0.2, 0) is 10.4 Å². The molecule has 1 unspecified atom stereocenters. The summed E-state index contributed by atoms with van der Waals surface area (Å²) in [4.78, 5) is 11.1. The fourth-order valence-corrected chi connectivity index (χ4v) is 1.23. The summed E-state index contributed by atoms with van der Waals surface area (Å²) >= 11 is 0. The van der Waals surface area contributed by atoms with Gasteiger partial charge in [0.25, 0.3) is 0 Å². The summed E-state index contributed by atoms with van der Waals surface area (Å²) in [6.07, 6.45) is 2.09. The lowest BCUT2D eigenvalue weighted by Gasteiger charge is -2.13. The minimum atomic E-state index is -1.06. The molecule has 1 aromatic rings. The van der Waals surface area contributed by atoms with Crippen LogP contribution in [0.3, 0.4) is 0 Å². The molecule has 84 valence electrons. The third-order valence-corrected chi connectivity index (χ3v) is 2.17. The van der Waals surface area contributed by atoms with E-state index in [1.807, 2.05) is 6.92 Å². The second-order valence-corrected chi connectivity index (χ2v) is 3.97. The van der Waals surface area contributed by atoms with E-state index in [-0.39, 0.29) is 0 Å². The van der Waals surface area contributed by atoms with E-state index in [9.17, 15) is 9.90 Å². The lowest BCUT2D eigenvalue weighted by atomic mass is 10.1. The minimum Gasteiger partial charge on any atom is -0.384 e. The zero-order valence-electron chi connectivity index (χ0n) is 9.14. The first-order valence-corrected chi connectivity index (χ1v) is 4.80.